The van der Waals surface area contributed by atoms with Crippen molar-refractivity contribution in [3.05, 3.63) is 35.5 Å². The lowest BCUT2D eigenvalue weighted by Crippen LogP contribution is -2.48. The van der Waals surface area contributed by atoms with Gasteiger partial charge in [-0.2, -0.15) is 0 Å². The van der Waals surface area contributed by atoms with E-state index in [-0.39, 0.29) is 30.5 Å². The quantitative estimate of drug-likeness (QED) is 0.432. The molecule has 5 rings (SSSR count). The topological polar surface area (TPSA) is 151 Å². The summed E-state index contributed by atoms with van der Waals surface area (Å²) in [6, 6.07) is 1.41. The van der Waals surface area contributed by atoms with Crippen molar-refractivity contribution in [1.82, 2.24) is 40.8 Å². The number of H-pyrrole nitrogens is 1. The number of ether oxygens (including phenoxy) is 1. The van der Waals surface area contributed by atoms with Crippen LogP contribution >= 0.6 is 0 Å². The van der Waals surface area contributed by atoms with Crippen LogP contribution in [0.5, 0.6) is 0 Å². The maximum atomic E-state index is 12.6. The van der Waals surface area contributed by atoms with Gasteiger partial charge < -0.3 is 25.3 Å². The number of amides is 3. The minimum absolute atomic E-state index is 0.0108. The molecule has 4 heterocycles. The first kappa shape index (κ1) is 22.3. The normalized spacial score (nSPS) is 18.2. The molecule has 3 N–H and O–H groups in total. The summed E-state index contributed by atoms with van der Waals surface area (Å²) in [6.45, 7) is 5.49. The molecule has 2 atom stereocenters. The number of rotatable bonds is 9. The van der Waals surface area contributed by atoms with Crippen molar-refractivity contribution in [2.24, 2.45) is 5.92 Å². The molecule has 3 aromatic rings. The molecule has 1 aliphatic heterocycles. The molecule has 0 bridgehead atoms. The molecule has 1 saturated heterocycles. The maximum Gasteiger partial charge on any atom is 0.317 e. The van der Waals surface area contributed by atoms with Gasteiger partial charge in [-0.25, -0.2) is 19.4 Å². The lowest BCUT2D eigenvalue weighted by molar-refractivity contribution is 0.0553. The van der Waals surface area contributed by atoms with Crippen LogP contribution < -0.4 is 10.6 Å². The minimum atomic E-state index is -0.559. The number of hydrogen-bond donors (Lipinski definition) is 3. The van der Waals surface area contributed by atoms with E-state index in [0.29, 0.717) is 23.9 Å². The Morgan fingerprint density at radius 1 is 1.35 bits per heavy atom. The van der Waals surface area contributed by atoms with Gasteiger partial charge in [-0.05, 0) is 55.8 Å². The average Bonchev–Trinajstić information content (AvgIpc) is 3.32. The predicted octanol–water partition coefficient (Wildman–Crippen LogP) is 2.10. The van der Waals surface area contributed by atoms with Crippen LogP contribution in [-0.4, -0.2) is 67.9 Å². The molecule has 0 spiro atoms. The molecule has 3 amide bonds. The molecule has 12 heteroatoms. The number of carbonyl (C=O) groups is 2. The second-order valence-electron chi connectivity index (χ2n) is 9.02. The molecular weight excluding hydrogens is 440 g/mol. The first-order valence-corrected chi connectivity index (χ1v) is 11.6. The Balaban J connectivity index is 1.42. The van der Waals surface area contributed by atoms with Crippen LogP contribution in [0.15, 0.2) is 23.1 Å². The molecule has 1 aliphatic carbocycles. The van der Waals surface area contributed by atoms with Crippen LogP contribution in [0.2, 0.25) is 0 Å². The van der Waals surface area contributed by atoms with E-state index in [1.807, 2.05) is 24.8 Å². The summed E-state index contributed by atoms with van der Waals surface area (Å²) in [6.07, 6.45) is 6.14. The van der Waals surface area contributed by atoms with Crippen LogP contribution in [0.25, 0.3) is 11.2 Å². The fourth-order valence-corrected chi connectivity index (χ4v) is 4.27. The Labute approximate surface area is 195 Å². The van der Waals surface area contributed by atoms with Gasteiger partial charge in [-0.15, -0.1) is 0 Å². The summed E-state index contributed by atoms with van der Waals surface area (Å²) in [5.74, 6) is 0.509. The van der Waals surface area contributed by atoms with Crippen molar-refractivity contribution in [2.45, 2.75) is 51.3 Å². The average molecular weight is 469 g/mol. The first-order valence-electron chi connectivity index (χ1n) is 11.6. The van der Waals surface area contributed by atoms with E-state index in [4.69, 9.17) is 4.74 Å². The number of fused-ring (bicyclic) bond motifs is 1. The van der Waals surface area contributed by atoms with Crippen LogP contribution in [0.1, 0.15) is 67.1 Å². The number of pyridine rings is 1. The zero-order valence-corrected chi connectivity index (χ0v) is 19.2. The van der Waals surface area contributed by atoms with Gasteiger partial charge in [0, 0.05) is 19.3 Å². The molecule has 2 aliphatic rings. The minimum Gasteiger partial charge on any atom is -0.376 e. The van der Waals surface area contributed by atoms with Crippen molar-refractivity contribution in [3.63, 3.8) is 0 Å². The van der Waals surface area contributed by atoms with Crippen LogP contribution in [0, 0.1) is 5.92 Å². The predicted molar refractivity (Wildman–Crippen MR) is 120 cm³/mol. The summed E-state index contributed by atoms with van der Waals surface area (Å²) < 4.78 is 10.3. The fourth-order valence-electron chi connectivity index (χ4n) is 4.27. The summed E-state index contributed by atoms with van der Waals surface area (Å²) in [4.78, 5) is 39.5. The molecule has 2 fully saturated rings. The zero-order chi connectivity index (χ0) is 23.7. The maximum absolute atomic E-state index is 12.6. The Morgan fingerprint density at radius 3 is 2.91 bits per heavy atom. The number of carbonyl (C=O) groups excluding carboxylic acids is 2. The van der Waals surface area contributed by atoms with E-state index in [2.05, 4.69) is 40.5 Å². The monoisotopic (exact) mass is 468 g/mol. The Bertz CT molecular complexity index is 1160. The molecule has 2 unspecified atom stereocenters. The van der Waals surface area contributed by atoms with Crippen molar-refractivity contribution in [3.8, 4) is 0 Å². The lowest BCUT2D eigenvalue weighted by Gasteiger charge is -2.35. The molecule has 0 radical (unpaired) electrons. The number of hydrogen-bond acceptors (Lipinski definition) is 8. The van der Waals surface area contributed by atoms with E-state index in [9.17, 15) is 9.59 Å². The number of nitrogens with zero attached hydrogens (tertiary/aromatic N) is 5. The smallest absolute Gasteiger partial charge is 0.317 e. The van der Waals surface area contributed by atoms with Gasteiger partial charge in [0.1, 0.15) is 18.1 Å². The van der Waals surface area contributed by atoms with Gasteiger partial charge in [0.05, 0.1) is 24.3 Å². The molecule has 12 nitrogen and oxygen atoms in total. The number of nitrogens with one attached hydrogen (secondary N) is 3. The van der Waals surface area contributed by atoms with E-state index >= 15 is 0 Å². The number of imidazole rings is 1. The lowest BCUT2D eigenvalue weighted by atomic mass is 10.0. The zero-order valence-electron chi connectivity index (χ0n) is 19.2. The Morgan fingerprint density at radius 2 is 2.21 bits per heavy atom. The molecule has 0 aromatic carbocycles. The van der Waals surface area contributed by atoms with E-state index < -0.39 is 11.9 Å². The SMILES string of the molecule is CC(C)OCC(NC(=O)c1cnon1)c1nc2ncc(C(C3CC3)N3CCCNC3=O)cc2[nH]1. The summed E-state index contributed by atoms with van der Waals surface area (Å²) >= 11 is 0. The van der Waals surface area contributed by atoms with Gasteiger partial charge >= 0.3 is 6.03 Å². The first-order chi connectivity index (χ1) is 16.5. The van der Waals surface area contributed by atoms with E-state index in [1.165, 1.54) is 6.20 Å². The molecule has 3 aromatic heterocycles. The Kier molecular flexibility index (Phi) is 6.14. The number of aromatic nitrogens is 5. The Hall–Kier alpha value is -3.54. The summed E-state index contributed by atoms with van der Waals surface area (Å²) in [5, 5.41) is 12.9. The van der Waals surface area contributed by atoms with Gasteiger partial charge in [0.15, 0.2) is 11.3 Å². The second kappa shape index (κ2) is 9.37. The van der Waals surface area contributed by atoms with Crippen LogP contribution in [-0.2, 0) is 4.74 Å². The molecular formula is C22H28N8O4. The van der Waals surface area contributed by atoms with Gasteiger partial charge in [0.2, 0.25) is 0 Å². The van der Waals surface area contributed by atoms with Gasteiger partial charge in [0.25, 0.3) is 5.91 Å². The number of aromatic amines is 1. The standard InChI is InChI=1S/C22H28N8O4/c1-12(2)33-11-17(27-21(31)16-10-25-34-29-16)20-26-15-8-14(9-24-19(15)28-20)18(13-4-5-13)30-7-3-6-23-22(30)32/h8-10,12-13,17-18H,3-7,11H2,1-2H3,(H,23,32)(H,27,31)(H,24,26,28). The summed E-state index contributed by atoms with van der Waals surface area (Å²) in [5.41, 5.74) is 2.32. The van der Waals surface area contributed by atoms with Crippen molar-refractivity contribution >= 4 is 23.1 Å². The summed E-state index contributed by atoms with van der Waals surface area (Å²) in [7, 11) is 0. The highest BCUT2D eigenvalue weighted by atomic mass is 16.6. The largest absolute Gasteiger partial charge is 0.376 e. The third-order valence-corrected chi connectivity index (χ3v) is 6.06. The van der Waals surface area contributed by atoms with Crippen LogP contribution in [0.3, 0.4) is 0 Å². The van der Waals surface area contributed by atoms with Crippen LogP contribution in [0.4, 0.5) is 4.79 Å². The highest BCUT2D eigenvalue weighted by Gasteiger charge is 2.39. The van der Waals surface area contributed by atoms with E-state index in [0.717, 1.165) is 36.9 Å². The molecule has 180 valence electrons. The third-order valence-electron chi connectivity index (χ3n) is 6.06. The molecule has 34 heavy (non-hydrogen) atoms. The van der Waals surface area contributed by atoms with Crippen molar-refractivity contribution in [1.29, 1.82) is 0 Å². The highest BCUT2D eigenvalue weighted by molar-refractivity contribution is 5.92. The number of urea groups is 1. The van der Waals surface area contributed by atoms with Gasteiger partial charge in [-0.1, -0.05) is 5.16 Å². The third kappa shape index (κ3) is 4.72. The molecule has 1 saturated carbocycles. The fraction of sp³-hybridized carbons (Fsp3) is 0.545. The highest BCUT2D eigenvalue weighted by Crippen LogP contribution is 2.45. The second-order valence-corrected chi connectivity index (χ2v) is 9.02. The van der Waals surface area contributed by atoms with Crippen molar-refractivity contribution < 1.29 is 19.0 Å². The van der Waals surface area contributed by atoms with Gasteiger partial charge in [-0.3, -0.25) is 4.79 Å². The van der Waals surface area contributed by atoms with Crippen molar-refractivity contribution in [2.75, 3.05) is 19.7 Å². The van der Waals surface area contributed by atoms with E-state index in [1.54, 1.807) is 6.20 Å².